The molecule has 1 atom stereocenters. The van der Waals surface area contributed by atoms with E-state index in [1.807, 2.05) is 6.92 Å². The molecule has 19 heavy (non-hydrogen) atoms. The summed E-state index contributed by atoms with van der Waals surface area (Å²) in [6, 6.07) is 6.36. The average Bonchev–Trinajstić information content (AvgIpc) is 2.28. The van der Waals surface area contributed by atoms with Crippen LogP contribution in [0.5, 0.6) is 0 Å². The number of carboxylic acid groups (broad SMARTS) is 1. The molecule has 0 aromatic heterocycles. The summed E-state index contributed by atoms with van der Waals surface area (Å²) in [6.45, 7) is 4.97. The number of sulfonamides is 1. The Kier molecular flexibility index (Phi) is 4.70. The van der Waals surface area contributed by atoms with E-state index in [-0.39, 0.29) is 11.3 Å². The molecule has 1 rings (SSSR count). The first-order chi connectivity index (χ1) is 8.71. The number of nitrogens with one attached hydrogen (secondary N) is 1. The van der Waals surface area contributed by atoms with Gasteiger partial charge in [-0.25, -0.2) is 8.42 Å². The molecule has 1 unspecified atom stereocenters. The number of hydrogen-bond donors (Lipinski definition) is 2. The molecule has 0 aliphatic heterocycles. The first kappa shape index (κ1) is 15.7. The van der Waals surface area contributed by atoms with Crippen LogP contribution in [0.4, 0.5) is 0 Å². The van der Waals surface area contributed by atoms with Gasteiger partial charge in [0.05, 0.1) is 4.90 Å². The highest BCUT2D eigenvalue weighted by atomic mass is 32.2. The van der Waals surface area contributed by atoms with Crippen LogP contribution in [-0.4, -0.2) is 25.0 Å². The lowest BCUT2D eigenvalue weighted by molar-refractivity contribution is -0.143. The van der Waals surface area contributed by atoms with Crippen molar-refractivity contribution in [1.29, 1.82) is 0 Å². The molecule has 2 N–H and O–H groups in total. The van der Waals surface area contributed by atoms with E-state index < -0.39 is 21.5 Å². The lowest BCUT2D eigenvalue weighted by atomic mass is 9.98. The molecule has 1 aromatic rings. The second-order valence-electron chi connectivity index (χ2n) is 4.81. The molecule has 0 aliphatic carbocycles. The van der Waals surface area contributed by atoms with Crippen molar-refractivity contribution in [2.45, 2.75) is 44.0 Å². The van der Waals surface area contributed by atoms with E-state index in [0.29, 0.717) is 6.42 Å². The summed E-state index contributed by atoms with van der Waals surface area (Å²) < 4.78 is 26.7. The zero-order valence-corrected chi connectivity index (χ0v) is 12.1. The predicted octanol–water partition coefficient (Wildman–Crippen LogP) is 1.92. The average molecular weight is 285 g/mol. The fourth-order valence-corrected chi connectivity index (χ4v) is 3.34. The van der Waals surface area contributed by atoms with Crippen molar-refractivity contribution in [1.82, 2.24) is 4.72 Å². The van der Waals surface area contributed by atoms with Gasteiger partial charge in [0.1, 0.15) is 5.54 Å². The predicted molar refractivity (Wildman–Crippen MR) is 72.4 cm³/mol. The number of carboxylic acids is 1. The summed E-state index contributed by atoms with van der Waals surface area (Å²) in [5.74, 6) is -1.18. The van der Waals surface area contributed by atoms with Gasteiger partial charge in [-0.3, -0.25) is 4.79 Å². The largest absolute Gasteiger partial charge is 0.480 e. The lowest BCUT2D eigenvalue weighted by Gasteiger charge is -2.25. The van der Waals surface area contributed by atoms with Gasteiger partial charge >= 0.3 is 5.97 Å². The highest BCUT2D eigenvalue weighted by Gasteiger charge is 2.36. The van der Waals surface area contributed by atoms with Gasteiger partial charge in [0.15, 0.2) is 0 Å². The van der Waals surface area contributed by atoms with Gasteiger partial charge in [-0.2, -0.15) is 4.72 Å². The van der Waals surface area contributed by atoms with Crippen molar-refractivity contribution in [2.24, 2.45) is 0 Å². The summed E-state index contributed by atoms with van der Waals surface area (Å²) in [6.07, 6.45) is 0.798. The molecular formula is C13H19NO4S. The Bertz CT molecular complexity index is 568. The highest BCUT2D eigenvalue weighted by molar-refractivity contribution is 7.89. The maximum absolute atomic E-state index is 12.2. The first-order valence-electron chi connectivity index (χ1n) is 6.05. The number of aliphatic carboxylic acids is 1. The zero-order valence-electron chi connectivity index (χ0n) is 11.3. The first-order valence-corrected chi connectivity index (χ1v) is 7.53. The summed E-state index contributed by atoms with van der Waals surface area (Å²) in [5.41, 5.74) is -0.687. The fourth-order valence-electron chi connectivity index (χ4n) is 1.84. The molecule has 0 saturated heterocycles. The minimum Gasteiger partial charge on any atom is -0.480 e. The van der Waals surface area contributed by atoms with E-state index >= 15 is 0 Å². The zero-order chi connectivity index (χ0) is 14.7. The molecule has 1 aromatic carbocycles. The van der Waals surface area contributed by atoms with Gasteiger partial charge in [0, 0.05) is 0 Å². The normalized spacial score (nSPS) is 14.9. The Hall–Kier alpha value is -1.40. The quantitative estimate of drug-likeness (QED) is 0.836. The van der Waals surface area contributed by atoms with Crippen LogP contribution < -0.4 is 4.72 Å². The van der Waals surface area contributed by atoms with Crippen LogP contribution in [0.3, 0.4) is 0 Å². The van der Waals surface area contributed by atoms with E-state index in [1.165, 1.54) is 19.1 Å². The van der Waals surface area contributed by atoms with Crippen molar-refractivity contribution in [2.75, 3.05) is 0 Å². The molecule has 0 aliphatic rings. The Balaban J connectivity index is 3.11. The molecule has 0 heterocycles. The minimum atomic E-state index is -3.84. The number of aryl methyl sites for hydroxylation is 1. The third-order valence-corrected chi connectivity index (χ3v) is 4.48. The fraction of sp³-hybridized carbons (Fsp3) is 0.462. The van der Waals surface area contributed by atoms with Crippen molar-refractivity contribution in [3.05, 3.63) is 29.8 Å². The maximum Gasteiger partial charge on any atom is 0.324 e. The van der Waals surface area contributed by atoms with Gasteiger partial charge in [-0.15, -0.1) is 0 Å². The van der Waals surface area contributed by atoms with Crippen LogP contribution in [0.15, 0.2) is 29.2 Å². The van der Waals surface area contributed by atoms with Crippen LogP contribution in [0.2, 0.25) is 0 Å². The van der Waals surface area contributed by atoms with E-state index in [0.717, 1.165) is 5.56 Å². The Labute approximate surface area is 113 Å². The van der Waals surface area contributed by atoms with E-state index in [4.69, 9.17) is 0 Å². The van der Waals surface area contributed by atoms with Crippen molar-refractivity contribution >= 4 is 16.0 Å². The molecule has 0 bridgehead atoms. The van der Waals surface area contributed by atoms with Crippen molar-refractivity contribution in [3.63, 3.8) is 0 Å². The standard InChI is InChI=1S/C13H19NO4S/c1-4-8-13(3,12(15)16)14-19(17,18)11-7-5-6-10(2)9-11/h5-7,9,14H,4,8H2,1-3H3,(H,15,16). The maximum atomic E-state index is 12.2. The Morgan fingerprint density at radius 1 is 1.42 bits per heavy atom. The van der Waals surface area contributed by atoms with Gasteiger partial charge < -0.3 is 5.11 Å². The van der Waals surface area contributed by atoms with Crippen LogP contribution in [0.25, 0.3) is 0 Å². The second kappa shape index (κ2) is 5.71. The van der Waals surface area contributed by atoms with Gasteiger partial charge in [0.25, 0.3) is 0 Å². The third kappa shape index (κ3) is 3.78. The Morgan fingerprint density at radius 3 is 2.53 bits per heavy atom. The topological polar surface area (TPSA) is 83.5 Å². The Morgan fingerprint density at radius 2 is 2.05 bits per heavy atom. The number of hydrogen-bond acceptors (Lipinski definition) is 3. The second-order valence-corrected chi connectivity index (χ2v) is 6.49. The van der Waals surface area contributed by atoms with Crippen molar-refractivity contribution < 1.29 is 18.3 Å². The molecule has 5 nitrogen and oxygen atoms in total. The smallest absolute Gasteiger partial charge is 0.324 e. The van der Waals surface area contributed by atoms with E-state index in [2.05, 4.69) is 4.72 Å². The lowest BCUT2D eigenvalue weighted by Crippen LogP contribution is -2.51. The van der Waals surface area contributed by atoms with Crippen LogP contribution in [0, 0.1) is 6.92 Å². The summed E-state index contributed by atoms with van der Waals surface area (Å²) >= 11 is 0. The SMILES string of the molecule is CCCC(C)(NS(=O)(=O)c1cccc(C)c1)C(=O)O. The molecule has 0 spiro atoms. The van der Waals surface area contributed by atoms with Gasteiger partial charge in [0.2, 0.25) is 10.0 Å². The third-order valence-electron chi connectivity index (χ3n) is 2.88. The van der Waals surface area contributed by atoms with Gasteiger partial charge in [-0.1, -0.05) is 25.5 Å². The minimum absolute atomic E-state index is 0.0797. The summed E-state index contributed by atoms with van der Waals surface area (Å²) in [4.78, 5) is 11.3. The van der Waals surface area contributed by atoms with E-state index in [1.54, 1.807) is 19.1 Å². The molecule has 0 radical (unpaired) electrons. The summed E-state index contributed by atoms with van der Waals surface area (Å²) in [7, 11) is -3.84. The van der Waals surface area contributed by atoms with Crippen molar-refractivity contribution in [3.8, 4) is 0 Å². The number of rotatable bonds is 6. The van der Waals surface area contributed by atoms with Crippen LogP contribution in [0.1, 0.15) is 32.3 Å². The number of benzene rings is 1. The molecule has 0 saturated carbocycles. The monoisotopic (exact) mass is 285 g/mol. The van der Waals surface area contributed by atoms with Crippen LogP contribution in [-0.2, 0) is 14.8 Å². The van der Waals surface area contributed by atoms with Crippen LogP contribution >= 0.6 is 0 Å². The molecule has 106 valence electrons. The molecule has 6 heteroatoms. The highest BCUT2D eigenvalue weighted by Crippen LogP contribution is 2.18. The number of carbonyl (C=O) groups is 1. The summed E-state index contributed by atoms with van der Waals surface area (Å²) in [5, 5.41) is 9.20. The molecular weight excluding hydrogens is 266 g/mol. The molecule has 0 amide bonds. The van der Waals surface area contributed by atoms with E-state index in [9.17, 15) is 18.3 Å². The van der Waals surface area contributed by atoms with Gasteiger partial charge in [-0.05, 0) is 38.0 Å². The molecule has 0 fully saturated rings.